The van der Waals surface area contributed by atoms with Crippen LogP contribution in [0.2, 0.25) is 0 Å². The predicted molar refractivity (Wildman–Crippen MR) is 152 cm³/mol. The minimum atomic E-state index is -0.907. The van der Waals surface area contributed by atoms with Crippen molar-refractivity contribution in [1.29, 1.82) is 0 Å². The monoisotopic (exact) mass is 557 g/mol. The van der Waals surface area contributed by atoms with Crippen LogP contribution < -0.4 is 16.0 Å². The molecule has 0 spiro atoms. The van der Waals surface area contributed by atoms with Gasteiger partial charge in [-0.3, -0.25) is 14.4 Å². The number of hydrogen-bond acceptors (Lipinski definition) is 5. The normalized spacial score (nSPS) is 13.3. The van der Waals surface area contributed by atoms with Crippen molar-refractivity contribution in [3.63, 3.8) is 0 Å². The Kier molecular flexibility index (Phi) is 13.5. The number of carbonyl (C=O) groups excluding carboxylic acids is 4. The summed E-state index contributed by atoms with van der Waals surface area (Å²) in [6, 6.07) is 15.9. The summed E-state index contributed by atoms with van der Waals surface area (Å²) in [6.45, 7) is 7.80. The van der Waals surface area contributed by atoms with E-state index in [4.69, 9.17) is 16.3 Å². The maximum Gasteiger partial charge on any atom is 0.408 e. The highest BCUT2D eigenvalue weighted by Crippen LogP contribution is 2.11. The number of ketones is 1. The Morgan fingerprint density at radius 1 is 0.692 bits per heavy atom. The summed E-state index contributed by atoms with van der Waals surface area (Å²) in [5, 5.41) is 8.22. The number of hydrogen-bond donors (Lipinski definition) is 3. The highest BCUT2D eigenvalue weighted by molar-refractivity contribution is 6.28. The van der Waals surface area contributed by atoms with E-state index in [0.717, 1.165) is 11.1 Å². The van der Waals surface area contributed by atoms with Gasteiger partial charge in [0.25, 0.3) is 0 Å². The maximum atomic E-state index is 13.3. The number of benzene rings is 2. The molecule has 0 aliphatic carbocycles. The van der Waals surface area contributed by atoms with E-state index in [1.807, 2.05) is 88.4 Å². The van der Waals surface area contributed by atoms with Crippen molar-refractivity contribution in [2.24, 2.45) is 11.8 Å². The summed E-state index contributed by atoms with van der Waals surface area (Å²) in [4.78, 5) is 51.7. The number of alkyl carbamates (subject to hydrolysis) is 1. The molecule has 0 bridgehead atoms. The van der Waals surface area contributed by atoms with Gasteiger partial charge in [-0.25, -0.2) is 4.79 Å². The second-order valence-corrected chi connectivity index (χ2v) is 10.7. The van der Waals surface area contributed by atoms with E-state index < -0.39 is 36.0 Å². The van der Waals surface area contributed by atoms with Crippen LogP contribution in [0.1, 0.15) is 51.7 Å². The first-order valence-electron chi connectivity index (χ1n) is 13.3. The molecule has 2 rings (SSSR count). The van der Waals surface area contributed by atoms with Crippen molar-refractivity contribution in [3.8, 4) is 0 Å². The van der Waals surface area contributed by atoms with E-state index >= 15 is 0 Å². The molecule has 0 aromatic heterocycles. The molecule has 3 unspecified atom stereocenters. The fourth-order valence-electron chi connectivity index (χ4n) is 4.05. The largest absolute Gasteiger partial charge is 0.445 e. The van der Waals surface area contributed by atoms with Gasteiger partial charge in [-0.2, -0.15) is 0 Å². The van der Waals surface area contributed by atoms with Gasteiger partial charge in [0.1, 0.15) is 18.7 Å². The average molecular weight is 558 g/mol. The lowest BCUT2D eigenvalue weighted by molar-refractivity contribution is -0.132. The van der Waals surface area contributed by atoms with Crippen LogP contribution >= 0.6 is 11.6 Å². The number of carbonyl (C=O) groups is 4. The number of nitrogens with one attached hydrogen (secondary N) is 3. The number of Topliss-reactive ketones (excluding diaryl/α,β-unsaturated/α-hetero) is 1. The topological polar surface area (TPSA) is 114 Å². The van der Waals surface area contributed by atoms with E-state index in [1.165, 1.54) is 0 Å². The molecule has 0 saturated carbocycles. The first-order chi connectivity index (χ1) is 18.6. The molecule has 0 fully saturated rings. The van der Waals surface area contributed by atoms with Crippen LogP contribution in [0.25, 0.3) is 0 Å². The van der Waals surface area contributed by atoms with Gasteiger partial charge in [0.2, 0.25) is 11.8 Å². The SMILES string of the molecule is CC(C)CC(NC(=O)OCc1ccccc1)C(=O)NC(CC(C)C)C(=O)NC(Cc1ccccc1)C(=O)CCl. The zero-order valence-corrected chi connectivity index (χ0v) is 23.9. The maximum absolute atomic E-state index is 13.3. The average Bonchev–Trinajstić information content (AvgIpc) is 2.91. The van der Waals surface area contributed by atoms with Gasteiger partial charge in [0.15, 0.2) is 5.78 Å². The van der Waals surface area contributed by atoms with E-state index in [1.54, 1.807) is 0 Å². The number of ether oxygens (including phenoxy) is 1. The summed E-state index contributed by atoms with van der Waals surface area (Å²) in [6.07, 6.45) is 0.257. The van der Waals surface area contributed by atoms with Crippen LogP contribution in [0.4, 0.5) is 4.79 Å². The summed E-state index contributed by atoms with van der Waals surface area (Å²) >= 11 is 5.83. The summed E-state index contributed by atoms with van der Waals surface area (Å²) < 4.78 is 5.30. The minimum Gasteiger partial charge on any atom is -0.445 e. The Hall–Kier alpha value is -3.39. The molecular weight excluding hydrogens is 518 g/mol. The van der Waals surface area contributed by atoms with Crippen LogP contribution in [0, 0.1) is 11.8 Å². The number of halogens is 1. The molecule has 3 N–H and O–H groups in total. The van der Waals surface area contributed by atoms with E-state index in [2.05, 4.69) is 16.0 Å². The zero-order chi connectivity index (χ0) is 28.8. The van der Waals surface area contributed by atoms with Gasteiger partial charge in [0.05, 0.1) is 11.9 Å². The summed E-state index contributed by atoms with van der Waals surface area (Å²) in [7, 11) is 0. The van der Waals surface area contributed by atoms with Gasteiger partial charge in [0, 0.05) is 0 Å². The lowest BCUT2D eigenvalue weighted by atomic mass is 9.98. The quantitative estimate of drug-likeness (QED) is 0.281. The Balaban J connectivity index is 2.10. The molecule has 0 heterocycles. The molecule has 9 heteroatoms. The molecule has 0 radical (unpaired) electrons. The van der Waals surface area contributed by atoms with Crippen LogP contribution in [-0.2, 0) is 32.1 Å². The predicted octanol–water partition coefficient (Wildman–Crippen LogP) is 4.39. The third-order valence-corrected chi connectivity index (χ3v) is 6.25. The summed E-state index contributed by atoms with van der Waals surface area (Å²) in [5.41, 5.74) is 1.70. The summed E-state index contributed by atoms with van der Waals surface area (Å²) in [5.74, 6) is -1.38. The smallest absolute Gasteiger partial charge is 0.408 e. The lowest BCUT2D eigenvalue weighted by Gasteiger charge is -2.26. The Morgan fingerprint density at radius 3 is 1.64 bits per heavy atom. The Labute approximate surface area is 236 Å². The molecule has 0 aliphatic heterocycles. The molecule has 2 aromatic carbocycles. The first kappa shape index (κ1) is 31.8. The Bertz CT molecular complexity index is 1060. The Morgan fingerprint density at radius 2 is 1.15 bits per heavy atom. The fourth-order valence-corrected chi connectivity index (χ4v) is 4.23. The van der Waals surface area contributed by atoms with Gasteiger partial charge < -0.3 is 20.7 Å². The standard InChI is InChI=1S/C30H40ClN3O5/c1-20(2)15-25(28(36)32-24(27(35)18-31)17-22-11-7-5-8-12-22)33-29(37)26(16-21(3)4)34-30(38)39-19-23-13-9-6-10-14-23/h5-14,20-21,24-26H,15-19H2,1-4H3,(H,32,36)(H,33,37)(H,34,38). The van der Waals surface area contributed by atoms with Crippen molar-refractivity contribution in [2.75, 3.05) is 5.88 Å². The van der Waals surface area contributed by atoms with Crippen molar-refractivity contribution >= 4 is 35.3 Å². The minimum absolute atomic E-state index is 0.0679. The molecule has 3 amide bonds. The number of alkyl halides is 1. The lowest BCUT2D eigenvalue weighted by Crippen LogP contribution is -2.56. The molecule has 39 heavy (non-hydrogen) atoms. The van der Waals surface area contributed by atoms with Crippen molar-refractivity contribution < 1.29 is 23.9 Å². The second-order valence-electron chi connectivity index (χ2n) is 10.4. The van der Waals surface area contributed by atoms with Gasteiger partial charge >= 0.3 is 6.09 Å². The zero-order valence-electron chi connectivity index (χ0n) is 23.1. The third-order valence-electron chi connectivity index (χ3n) is 5.99. The highest BCUT2D eigenvalue weighted by atomic mass is 35.5. The molecule has 2 aromatic rings. The highest BCUT2D eigenvalue weighted by Gasteiger charge is 2.30. The van der Waals surface area contributed by atoms with Gasteiger partial charge in [-0.05, 0) is 42.2 Å². The van der Waals surface area contributed by atoms with E-state index in [0.29, 0.717) is 12.8 Å². The molecule has 8 nitrogen and oxygen atoms in total. The molecule has 0 saturated heterocycles. The number of rotatable bonds is 15. The molecule has 3 atom stereocenters. The van der Waals surface area contributed by atoms with Crippen LogP contribution in [0.3, 0.4) is 0 Å². The van der Waals surface area contributed by atoms with Gasteiger partial charge in [-0.15, -0.1) is 11.6 Å². The van der Waals surface area contributed by atoms with Crippen LogP contribution in [-0.4, -0.2) is 47.7 Å². The molecular formula is C30H40ClN3O5. The van der Waals surface area contributed by atoms with E-state index in [-0.39, 0.29) is 36.5 Å². The van der Waals surface area contributed by atoms with Crippen LogP contribution in [0.15, 0.2) is 60.7 Å². The van der Waals surface area contributed by atoms with Crippen LogP contribution in [0.5, 0.6) is 0 Å². The van der Waals surface area contributed by atoms with Crippen molar-refractivity contribution in [1.82, 2.24) is 16.0 Å². The second kappa shape index (κ2) is 16.5. The fraction of sp³-hybridized carbons (Fsp3) is 0.467. The van der Waals surface area contributed by atoms with Crippen molar-refractivity contribution in [3.05, 3.63) is 71.8 Å². The van der Waals surface area contributed by atoms with E-state index in [9.17, 15) is 19.2 Å². The molecule has 0 aliphatic rings. The first-order valence-corrected chi connectivity index (χ1v) is 13.8. The van der Waals surface area contributed by atoms with Gasteiger partial charge in [-0.1, -0.05) is 88.4 Å². The third kappa shape index (κ3) is 11.9. The molecule has 212 valence electrons. The number of amides is 3. The van der Waals surface area contributed by atoms with Crippen molar-refractivity contribution in [2.45, 2.75) is 71.7 Å².